The third-order valence-corrected chi connectivity index (χ3v) is 3.21. The molecule has 0 amide bonds. The van der Waals surface area contributed by atoms with Gasteiger partial charge in [0, 0.05) is 16.3 Å². The molecule has 0 bridgehead atoms. The van der Waals surface area contributed by atoms with E-state index in [2.05, 4.69) is 4.98 Å². The SMILES string of the molecule is Cc1cccc2nc(-c3cccc(Cl)c3)c(N)n12. The quantitative estimate of drug-likeness (QED) is 0.725. The molecule has 90 valence electrons. The third-order valence-electron chi connectivity index (χ3n) is 2.97. The predicted molar refractivity (Wildman–Crippen MR) is 74.8 cm³/mol. The standard InChI is InChI=1S/C14H12ClN3/c1-9-4-2-7-12-17-13(14(16)18(9)12)10-5-3-6-11(15)8-10/h2-8H,16H2,1H3. The van der Waals surface area contributed by atoms with Gasteiger partial charge in [-0.05, 0) is 31.2 Å². The topological polar surface area (TPSA) is 43.3 Å². The van der Waals surface area contributed by atoms with Crippen LogP contribution in [-0.4, -0.2) is 9.38 Å². The highest BCUT2D eigenvalue weighted by Gasteiger charge is 2.12. The number of hydrogen-bond donors (Lipinski definition) is 1. The van der Waals surface area contributed by atoms with E-state index >= 15 is 0 Å². The van der Waals surface area contributed by atoms with E-state index in [0.29, 0.717) is 10.8 Å². The Kier molecular flexibility index (Phi) is 2.49. The van der Waals surface area contributed by atoms with Gasteiger partial charge in [0.1, 0.15) is 17.2 Å². The van der Waals surface area contributed by atoms with Crippen LogP contribution in [0.15, 0.2) is 42.5 Å². The van der Waals surface area contributed by atoms with Crippen molar-refractivity contribution in [1.29, 1.82) is 0 Å². The number of aryl methyl sites for hydroxylation is 1. The maximum atomic E-state index is 6.18. The second-order valence-electron chi connectivity index (χ2n) is 4.22. The Hall–Kier alpha value is -2.00. The highest BCUT2D eigenvalue weighted by atomic mass is 35.5. The minimum Gasteiger partial charge on any atom is -0.383 e. The molecule has 0 spiro atoms. The number of pyridine rings is 1. The third kappa shape index (κ3) is 1.64. The first-order valence-electron chi connectivity index (χ1n) is 5.66. The molecule has 0 aliphatic heterocycles. The van der Waals surface area contributed by atoms with Gasteiger partial charge in [0.2, 0.25) is 0 Å². The van der Waals surface area contributed by atoms with Crippen LogP contribution in [0.2, 0.25) is 5.02 Å². The zero-order chi connectivity index (χ0) is 12.7. The van der Waals surface area contributed by atoms with Gasteiger partial charge in [-0.2, -0.15) is 0 Å². The fraction of sp³-hybridized carbons (Fsp3) is 0.0714. The minimum atomic E-state index is 0.644. The number of fused-ring (bicyclic) bond motifs is 1. The van der Waals surface area contributed by atoms with E-state index in [0.717, 1.165) is 22.6 Å². The summed E-state index contributed by atoms with van der Waals surface area (Å²) < 4.78 is 1.94. The number of halogens is 1. The monoisotopic (exact) mass is 257 g/mol. The van der Waals surface area contributed by atoms with Gasteiger partial charge in [-0.25, -0.2) is 4.98 Å². The molecule has 0 aliphatic carbocycles. The minimum absolute atomic E-state index is 0.644. The zero-order valence-electron chi connectivity index (χ0n) is 9.89. The van der Waals surface area contributed by atoms with Gasteiger partial charge in [-0.1, -0.05) is 29.8 Å². The number of nitrogens with two attached hydrogens (primary N) is 1. The van der Waals surface area contributed by atoms with Crippen LogP contribution in [0, 0.1) is 6.92 Å². The summed E-state index contributed by atoms with van der Waals surface area (Å²) in [5.41, 5.74) is 9.79. The van der Waals surface area contributed by atoms with Gasteiger partial charge < -0.3 is 5.73 Å². The highest BCUT2D eigenvalue weighted by Crippen LogP contribution is 2.28. The number of benzene rings is 1. The summed E-state index contributed by atoms with van der Waals surface area (Å²) in [6.45, 7) is 2.01. The lowest BCUT2D eigenvalue weighted by molar-refractivity contribution is 1.10. The summed E-state index contributed by atoms with van der Waals surface area (Å²) >= 11 is 6.00. The largest absolute Gasteiger partial charge is 0.383 e. The first kappa shape index (κ1) is 11.1. The molecule has 0 saturated heterocycles. The first-order chi connectivity index (χ1) is 8.66. The average molecular weight is 258 g/mol. The van der Waals surface area contributed by atoms with Gasteiger partial charge >= 0.3 is 0 Å². The van der Waals surface area contributed by atoms with E-state index in [1.54, 1.807) is 0 Å². The number of aromatic nitrogens is 2. The molecular weight excluding hydrogens is 246 g/mol. The molecule has 0 atom stereocenters. The molecule has 2 N–H and O–H groups in total. The smallest absolute Gasteiger partial charge is 0.139 e. The Bertz CT molecular complexity index is 731. The van der Waals surface area contributed by atoms with Crippen LogP contribution < -0.4 is 5.73 Å². The fourth-order valence-electron chi connectivity index (χ4n) is 2.13. The summed E-state index contributed by atoms with van der Waals surface area (Å²) in [7, 11) is 0. The summed E-state index contributed by atoms with van der Waals surface area (Å²) in [6.07, 6.45) is 0. The van der Waals surface area contributed by atoms with E-state index in [1.807, 2.05) is 53.8 Å². The van der Waals surface area contributed by atoms with E-state index in [-0.39, 0.29) is 0 Å². The molecule has 0 radical (unpaired) electrons. The lowest BCUT2D eigenvalue weighted by Crippen LogP contribution is -1.97. The van der Waals surface area contributed by atoms with Crippen LogP contribution in [0.4, 0.5) is 5.82 Å². The number of anilines is 1. The first-order valence-corrected chi connectivity index (χ1v) is 6.04. The zero-order valence-corrected chi connectivity index (χ0v) is 10.6. The highest BCUT2D eigenvalue weighted by molar-refractivity contribution is 6.30. The van der Waals surface area contributed by atoms with Gasteiger partial charge in [0.15, 0.2) is 0 Å². The van der Waals surface area contributed by atoms with E-state index in [4.69, 9.17) is 17.3 Å². The van der Waals surface area contributed by atoms with Crippen molar-refractivity contribution in [1.82, 2.24) is 9.38 Å². The molecular formula is C14H12ClN3. The van der Waals surface area contributed by atoms with Crippen molar-refractivity contribution in [3.8, 4) is 11.3 Å². The summed E-state index contributed by atoms with van der Waals surface area (Å²) in [5, 5.41) is 0.681. The normalized spacial score (nSPS) is 11.0. The van der Waals surface area contributed by atoms with E-state index < -0.39 is 0 Å². The summed E-state index contributed by atoms with van der Waals surface area (Å²) in [6, 6.07) is 13.5. The fourth-order valence-corrected chi connectivity index (χ4v) is 2.32. The molecule has 3 rings (SSSR count). The lowest BCUT2D eigenvalue weighted by Gasteiger charge is -2.02. The van der Waals surface area contributed by atoms with Crippen LogP contribution in [-0.2, 0) is 0 Å². The molecule has 0 fully saturated rings. The van der Waals surface area contributed by atoms with Crippen LogP contribution in [0.25, 0.3) is 16.9 Å². The van der Waals surface area contributed by atoms with Crippen molar-refractivity contribution in [3.63, 3.8) is 0 Å². The molecule has 1 aromatic carbocycles. The van der Waals surface area contributed by atoms with Crippen molar-refractivity contribution in [2.45, 2.75) is 6.92 Å². The molecule has 0 aliphatic rings. The number of nitrogen functional groups attached to an aromatic ring is 1. The molecule has 0 saturated carbocycles. The molecule has 4 heteroatoms. The molecule has 3 aromatic rings. The van der Waals surface area contributed by atoms with Gasteiger partial charge in [-0.3, -0.25) is 4.40 Å². The Morgan fingerprint density at radius 3 is 2.67 bits per heavy atom. The average Bonchev–Trinajstić information content (AvgIpc) is 2.68. The van der Waals surface area contributed by atoms with Crippen molar-refractivity contribution < 1.29 is 0 Å². The molecule has 18 heavy (non-hydrogen) atoms. The van der Waals surface area contributed by atoms with E-state index in [1.165, 1.54) is 0 Å². The van der Waals surface area contributed by atoms with Gasteiger partial charge in [0.25, 0.3) is 0 Å². The van der Waals surface area contributed by atoms with Crippen molar-refractivity contribution in [2.24, 2.45) is 0 Å². The number of imidazole rings is 1. The van der Waals surface area contributed by atoms with Crippen molar-refractivity contribution in [3.05, 3.63) is 53.2 Å². The number of hydrogen-bond acceptors (Lipinski definition) is 2. The Morgan fingerprint density at radius 1 is 1.17 bits per heavy atom. The Morgan fingerprint density at radius 2 is 1.94 bits per heavy atom. The van der Waals surface area contributed by atoms with Crippen molar-refractivity contribution >= 4 is 23.1 Å². The van der Waals surface area contributed by atoms with Gasteiger partial charge in [0.05, 0.1) is 0 Å². The lowest BCUT2D eigenvalue weighted by atomic mass is 10.1. The van der Waals surface area contributed by atoms with E-state index in [9.17, 15) is 0 Å². The number of rotatable bonds is 1. The van der Waals surface area contributed by atoms with Crippen LogP contribution in [0.5, 0.6) is 0 Å². The maximum Gasteiger partial charge on any atom is 0.139 e. The number of nitrogens with zero attached hydrogens (tertiary/aromatic N) is 2. The summed E-state index contributed by atoms with van der Waals surface area (Å²) in [5.74, 6) is 0.644. The predicted octanol–water partition coefficient (Wildman–Crippen LogP) is 3.55. The Labute approximate surface area is 110 Å². The summed E-state index contributed by atoms with van der Waals surface area (Å²) in [4.78, 5) is 4.56. The van der Waals surface area contributed by atoms with Crippen LogP contribution in [0.3, 0.4) is 0 Å². The van der Waals surface area contributed by atoms with Gasteiger partial charge in [-0.15, -0.1) is 0 Å². The second kappa shape index (κ2) is 4.03. The molecule has 2 aromatic heterocycles. The van der Waals surface area contributed by atoms with Crippen LogP contribution >= 0.6 is 11.6 Å². The Balaban J connectivity index is 2.31. The molecule has 3 nitrogen and oxygen atoms in total. The maximum absolute atomic E-state index is 6.18. The van der Waals surface area contributed by atoms with Crippen molar-refractivity contribution in [2.75, 3.05) is 5.73 Å². The molecule has 0 unspecified atom stereocenters. The second-order valence-corrected chi connectivity index (χ2v) is 4.65. The van der Waals surface area contributed by atoms with Crippen LogP contribution in [0.1, 0.15) is 5.69 Å². The molecule has 2 heterocycles.